The van der Waals surface area contributed by atoms with E-state index in [2.05, 4.69) is 10.5 Å². The monoisotopic (exact) mass is 300 g/mol. The molecule has 1 aromatic carbocycles. The van der Waals surface area contributed by atoms with Gasteiger partial charge in [0.25, 0.3) is 5.69 Å². The Morgan fingerprint density at radius 1 is 1.58 bits per heavy atom. The van der Waals surface area contributed by atoms with Crippen LogP contribution in [-0.2, 0) is 0 Å². The largest absolute Gasteiger partial charge is 0.382 e. The van der Waals surface area contributed by atoms with Gasteiger partial charge >= 0.3 is 0 Å². The Balaban J connectivity index is 3.25. The van der Waals surface area contributed by atoms with E-state index >= 15 is 0 Å². The number of hydrogen-bond acceptors (Lipinski definition) is 6. The minimum Gasteiger partial charge on any atom is -0.382 e. The molecular weight excluding hydrogens is 295 g/mol. The molecule has 0 aromatic heterocycles. The van der Waals surface area contributed by atoms with Gasteiger partial charge in [-0.15, -0.1) is 0 Å². The first-order valence-electron chi connectivity index (χ1n) is 4.58. The van der Waals surface area contributed by atoms with Crippen molar-refractivity contribution in [1.29, 1.82) is 10.7 Å². The van der Waals surface area contributed by atoms with Gasteiger partial charge in [0.15, 0.2) is 11.5 Å². The summed E-state index contributed by atoms with van der Waals surface area (Å²) in [5.74, 6) is -0.581. The van der Waals surface area contributed by atoms with Crippen LogP contribution in [0.1, 0.15) is 0 Å². The van der Waals surface area contributed by atoms with Crippen molar-refractivity contribution in [2.45, 2.75) is 0 Å². The molecule has 0 saturated heterocycles. The molecule has 0 aliphatic rings. The summed E-state index contributed by atoms with van der Waals surface area (Å²) in [4.78, 5) is 10.1. The Morgan fingerprint density at radius 2 is 2.21 bits per heavy atom. The average Bonchev–Trinajstić information content (AvgIpc) is 2.30. The van der Waals surface area contributed by atoms with Gasteiger partial charge < -0.3 is 5.73 Å². The third-order valence-electron chi connectivity index (χ3n) is 1.87. The lowest BCUT2D eigenvalue weighted by Crippen LogP contribution is -2.22. The van der Waals surface area contributed by atoms with Gasteiger partial charge in [-0.3, -0.25) is 20.9 Å². The van der Waals surface area contributed by atoms with Crippen molar-refractivity contribution in [2.24, 2.45) is 10.8 Å². The normalized spacial score (nSPS) is 10.7. The van der Waals surface area contributed by atoms with Crippen LogP contribution in [0.15, 0.2) is 17.2 Å². The zero-order valence-corrected chi connectivity index (χ0v) is 10.7. The van der Waals surface area contributed by atoms with Gasteiger partial charge in [0, 0.05) is 11.1 Å². The lowest BCUT2D eigenvalue weighted by Gasteiger charge is -2.05. The number of nitriles is 1. The quantitative estimate of drug-likeness (QED) is 0.338. The Morgan fingerprint density at radius 3 is 2.68 bits per heavy atom. The molecule has 0 radical (unpaired) electrons. The first-order chi connectivity index (χ1) is 8.86. The number of anilines is 1. The van der Waals surface area contributed by atoms with Crippen molar-refractivity contribution in [1.82, 2.24) is 0 Å². The average molecular weight is 301 g/mol. The van der Waals surface area contributed by atoms with Crippen LogP contribution in [0, 0.1) is 26.9 Å². The molecule has 98 valence electrons. The van der Waals surface area contributed by atoms with Crippen molar-refractivity contribution < 1.29 is 4.92 Å². The molecule has 0 saturated carbocycles. The van der Waals surface area contributed by atoms with E-state index in [0.717, 1.165) is 6.07 Å². The van der Waals surface area contributed by atoms with Crippen LogP contribution >= 0.6 is 23.2 Å². The maximum atomic E-state index is 10.8. The third kappa shape index (κ3) is 3.54. The maximum absolute atomic E-state index is 10.8. The highest BCUT2D eigenvalue weighted by Crippen LogP contribution is 2.35. The van der Waals surface area contributed by atoms with E-state index < -0.39 is 22.2 Å². The van der Waals surface area contributed by atoms with E-state index in [1.165, 1.54) is 6.07 Å². The van der Waals surface area contributed by atoms with Crippen molar-refractivity contribution in [3.05, 3.63) is 32.3 Å². The van der Waals surface area contributed by atoms with Gasteiger partial charge in [0.05, 0.1) is 9.95 Å². The molecule has 19 heavy (non-hydrogen) atoms. The predicted molar refractivity (Wildman–Crippen MR) is 71.7 cm³/mol. The first kappa shape index (κ1) is 14.7. The summed E-state index contributed by atoms with van der Waals surface area (Å²) in [6.45, 7) is 0. The first-order valence-corrected chi connectivity index (χ1v) is 5.34. The fourth-order valence-electron chi connectivity index (χ4n) is 1.07. The Hall–Kier alpha value is -2.37. The molecule has 0 aliphatic heterocycles. The van der Waals surface area contributed by atoms with Gasteiger partial charge in [-0.05, 0) is 6.07 Å². The zero-order valence-electron chi connectivity index (χ0n) is 9.15. The van der Waals surface area contributed by atoms with E-state index in [0.29, 0.717) is 0 Å². The number of halogens is 2. The number of nitrogens with zero attached hydrogens (tertiary/aromatic N) is 3. The van der Waals surface area contributed by atoms with Crippen molar-refractivity contribution in [3.8, 4) is 6.07 Å². The van der Waals surface area contributed by atoms with Gasteiger partial charge in [-0.25, -0.2) is 0 Å². The Labute approximate surface area is 117 Å². The number of hydrogen-bond donors (Lipinski definition) is 3. The summed E-state index contributed by atoms with van der Waals surface area (Å²) in [5.41, 5.74) is 6.32. The maximum Gasteiger partial charge on any atom is 0.297 e. The third-order valence-corrected chi connectivity index (χ3v) is 2.39. The molecule has 0 spiro atoms. The molecule has 0 bridgehead atoms. The molecule has 10 heteroatoms. The van der Waals surface area contributed by atoms with Gasteiger partial charge in [-0.2, -0.15) is 10.4 Å². The van der Waals surface area contributed by atoms with Gasteiger partial charge in [0.2, 0.25) is 5.71 Å². The molecule has 8 nitrogen and oxygen atoms in total. The topological polar surface area (TPSA) is 141 Å². The van der Waals surface area contributed by atoms with Crippen molar-refractivity contribution >= 4 is 46.1 Å². The van der Waals surface area contributed by atoms with E-state index in [9.17, 15) is 10.1 Å². The minimum absolute atomic E-state index is 0.0520. The highest BCUT2D eigenvalue weighted by atomic mass is 35.5. The summed E-state index contributed by atoms with van der Waals surface area (Å²) in [6.07, 6.45) is 0. The SMILES string of the molecule is N#C/C(=N\Nc1c(Cl)cc(Cl)cc1[N+](=O)[O-])C(=N)N. The molecule has 4 N–H and O–H groups in total. The zero-order chi connectivity index (χ0) is 14.6. The fourth-order valence-corrected chi connectivity index (χ4v) is 1.60. The summed E-state index contributed by atoms with van der Waals surface area (Å²) in [5, 5.41) is 30.0. The highest BCUT2D eigenvalue weighted by Gasteiger charge is 2.18. The predicted octanol–water partition coefficient (Wildman–Crippen LogP) is 2.13. The van der Waals surface area contributed by atoms with Gasteiger partial charge in [0.1, 0.15) is 6.07 Å². The minimum atomic E-state index is -0.713. The number of nitro groups is 1. The van der Waals surface area contributed by atoms with Crippen LogP contribution in [0.25, 0.3) is 0 Å². The molecule has 0 unspecified atom stereocenters. The smallest absolute Gasteiger partial charge is 0.297 e. The number of nitrogens with one attached hydrogen (secondary N) is 2. The second-order valence-electron chi connectivity index (χ2n) is 3.14. The Bertz CT molecular complexity index is 622. The van der Waals surface area contributed by atoms with E-state index in [1.807, 2.05) is 0 Å². The highest BCUT2D eigenvalue weighted by molar-refractivity contribution is 6.46. The molecule has 1 rings (SSSR count). The second kappa shape index (κ2) is 5.99. The van der Waals surface area contributed by atoms with Crippen LogP contribution < -0.4 is 11.2 Å². The summed E-state index contributed by atoms with van der Waals surface area (Å²) >= 11 is 11.4. The summed E-state index contributed by atoms with van der Waals surface area (Å²) in [6, 6.07) is 3.90. The second-order valence-corrected chi connectivity index (χ2v) is 3.98. The van der Waals surface area contributed by atoms with Crippen LogP contribution in [0.5, 0.6) is 0 Å². The summed E-state index contributed by atoms with van der Waals surface area (Å²) < 4.78 is 0. The van der Waals surface area contributed by atoms with Crippen LogP contribution in [0.4, 0.5) is 11.4 Å². The van der Waals surface area contributed by atoms with Crippen molar-refractivity contribution in [3.63, 3.8) is 0 Å². The molecule has 0 aliphatic carbocycles. The molecule has 0 fully saturated rings. The molecule has 0 atom stereocenters. The lowest BCUT2D eigenvalue weighted by molar-refractivity contribution is -0.383. The van der Waals surface area contributed by atoms with Gasteiger partial charge in [-0.1, -0.05) is 23.2 Å². The standard InChI is InChI=1S/C9H6Cl2N6O2/c10-4-1-5(11)8(7(2-4)17(18)19)16-15-6(3-12)9(13)14/h1-2,16H,(H3,13,14)/b15-6+. The Kier molecular flexibility index (Phi) is 4.63. The molecule has 0 amide bonds. The van der Waals surface area contributed by atoms with Crippen LogP contribution in [0.3, 0.4) is 0 Å². The fraction of sp³-hybridized carbons (Fsp3) is 0. The van der Waals surface area contributed by atoms with E-state index in [1.54, 1.807) is 6.07 Å². The number of rotatable bonds is 4. The lowest BCUT2D eigenvalue weighted by atomic mass is 10.3. The van der Waals surface area contributed by atoms with Crippen LogP contribution in [0.2, 0.25) is 10.0 Å². The number of nitrogens with two attached hydrogens (primary N) is 1. The van der Waals surface area contributed by atoms with E-state index in [-0.39, 0.29) is 15.7 Å². The number of benzene rings is 1. The van der Waals surface area contributed by atoms with E-state index in [4.69, 9.17) is 39.6 Å². The molecular formula is C9H6Cl2N6O2. The van der Waals surface area contributed by atoms with Crippen LogP contribution in [-0.4, -0.2) is 16.5 Å². The summed E-state index contributed by atoms with van der Waals surface area (Å²) in [7, 11) is 0. The molecule has 0 heterocycles. The number of hydrazone groups is 1. The number of amidine groups is 1. The van der Waals surface area contributed by atoms with Crippen molar-refractivity contribution in [2.75, 3.05) is 5.43 Å². The molecule has 1 aromatic rings. The number of nitro benzene ring substituents is 1.